The Balaban J connectivity index is 1.74. The standard InChI is InChI=1S/C16H23N3OS/c1-12-14(18-16(20-12)15-6-4-10-21-15)11-19-9-3-2-5-13(19)7-8-17/h4,6,10,13H,2-3,5,7-9,11,17H2,1H3. The number of nitrogens with two attached hydrogens (primary N) is 1. The molecule has 2 aromatic heterocycles. The zero-order valence-corrected chi connectivity index (χ0v) is 13.4. The van der Waals surface area contributed by atoms with Crippen LogP contribution in [0.5, 0.6) is 0 Å². The van der Waals surface area contributed by atoms with Gasteiger partial charge in [0.25, 0.3) is 0 Å². The molecule has 3 heterocycles. The van der Waals surface area contributed by atoms with Crippen LogP contribution in [-0.2, 0) is 6.54 Å². The number of hydrogen-bond donors (Lipinski definition) is 1. The lowest BCUT2D eigenvalue weighted by Crippen LogP contribution is -2.40. The summed E-state index contributed by atoms with van der Waals surface area (Å²) in [7, 11) is 0. The van der Waals surface area contributed by atoms with Crippen molar-refractivity contribution in [2.75, 3.05) is 13.1 Å². The van der Waals surface area contributed by atoms with Crippen LogP contribution in [0.2, 0.25) is 0 Å². The molecule has 2 N–H and O–H groups in total. The molecule has 21 heavy (non-hydrogen) atoms. The average molecular weight is 305 g/mol. The molecular weight excluding hydrogens is 282 g/mol. The van der Waals surface area contributed by atoms with Crippen LogP contribution in [0.15, 0.2) is 21.9 Å². The summed E-state index contributed by atoms with van der Waals surface area (Å²) in [5.74, 6) is 1.69. The van der Waals surface area contributed by atoms with Crippen molar-refractivity contribution in [1.29, 1.82) is 0 Å². The van der Waals surface area contributed by atoms with Gasteiger partial charge in [0.15, 0.2) is 0 Å². The van der Waals surface area contributed by atoms with Crippen LogP contribution in [0, 0.1) is 6.92 Å². The van der Waals surface area contributed by atoms with Crippen molar-refractivity contribution in [3.05, 3.63) is 29.0 Å². The number of hydrogen-bond acceptors (Lipinski definition) is 5. The zero-order valence-electron chi connectivity index (χ0n) is 12.5. The molecule has 4 nitrogen and oxygen atoms in total. The lowest BCUT2D eigenvalue weighted by molar-refractivity contribution is 0.132. The number of oxazole rings is 1. The molecule has 0 aliphatic carbocycles. The molecule has 0 amide bonds. The Bertz CT molecular complexity index is 562. The molecule has 114 valence electrons. The van der Waals surface area contributed by atoms with Gasteiger partial charge < -0.3 is 10.2 Å². The summed E-state index contributed by atoms with van der Waals surface area (Å²) in [4.78, 5) is 8.34. The van der Waals surface area contributed by atoms with Gasteiger partial charge in [-0.25, -0.2) is 4.98 Å². The molecule has 1 unspecified atom stereocenters. The normalized spacial score (nSPS) is 20.0. The van der Waals surface area contributed by atoms with Crippen LogP contribution < -0.4 is 5.73 Å². The van der Waals surface area contributed by atoms with Gasteiger partial charge in [-0.15, -0.1) is 11.3 Å². The molecule has 0 saturated carbocycles. The summed E-state index contributed by atoms with van der Waals surface area (Å²) in [5, 5.41) is 2.05. The SMILES string of the molecule is Cc1oc(-c2cccs2)nc1CN1CCCCC1CCN. The van der Waals surface area contributed by atoms with E-state index in [2.05, 4.69) is 16.3 Å². The first kappa shape index (κ1) is 14.8. The van der Waals surface area contributed by atoms with Crippen molar-refractivity contribution in [2.24, 2.45) is 5.73 Å². The van der Waals surface area contributed by atoms with Gasteiger partial charge in [0.05, 0.1) is 10.6 Å². The molecule has 2 aromatic rings. The predicted octanol–water partition coefficient (Wildman–Crippen LogP) is 3.41. The van der Waals surface area contributed by atoms with Crippen molar-refractivity contribution in [2.45, 2.75) is 45.2 Å². The van der Waals surface area contributed by atoms with Crippen LogP contribution in [0.3, 0.4) is 0 Å². The third kappa shape index (κ3) is 3.36. The van der Waals surface area contributed by atoms with Crippen molar-refractivity contribution in [3.63, 3.8) is 0 Å². The van der Waals surface area contributed by atoms with E-state index in [9.17, 15) is 0 Å². The average Bonchev–Trinajstić information content (AvgIpc) is 3.12. The van der Waals surface area contributed by atoms with Crippen molar-refractivity contribution in [1.82, 2.24) is 9.88 Å². The van der Waals surface area contributed by atoms with E-state index in [0.29, 0.717) is 6.04 Å². The number of piperidine rings is 1. The van der Waals surface area contributed by atoms with Gasteiger partial charge in [-0.05, 0) is 50.7 Å². The van der Waals surface area contributed by atoms with Crippen molar-refractivity contribution in [3.8, 4) is 10.8 Å². The van der Waals surface area contributed by atoms with E-state index >= 15 is 0 Å². The number of nitrogens with zero attached hydrogens (tertiary/aromatic N) is 2. The molecule has 1 aliphatic heterocycles. The molecule has 1 aliphatic rings. The molecule has 3 rings (SSSR count). The summed E-state index contributed by atoms with van der Waals surface area (Å²) >= 11 is 1.67. The van der Waals surface area contributed by atoms with Gasteiger partial charge in [0.1, 0.15) is 5.76 Å². The van der Waals surface area contributed by atoms with Gasteiger partial charge in [0, 0.05) is 12.6 Å². The molecule has 5 heteroatoms. The number of likely N-dealkylation sites (tertiary alicyclic amines) is 1. The summed E-state index contributed by atoms with van der Waals surface area (Å²) in [6.45, 7) is 4.80. The Kier molecular flexibility index (Phi) is 4.73. The highest BCUT2D eigenvalue weighted by Gasteiger charge is 2.24. The van der Waals surface area contributed by atoms with E-state index in [-0.39, 0.29) is 0 Å². The largest absolute Gasteiger partial charge is 0.440 e. The van der Waals surface area contributed by atoms with Gasteiger partial charge in [-0.3, -0.25) is 4.90 Å². The minimum atomic E-state index is 0.602. The van der Waals surface area contributed by atoms with Crippen LogP contribution >= 0.6 is 11.3 Å². The summed E-state index contributed by atoms with van der Waals surface area (Å²) in [6, 6.07) is 4.68. The Morgan fingerprint density at radius 2 is 2.38 bits per heavy atom. The van der Waals surface area contributed by atoms with E-state index in [1.54, 1.807) is 11.3 Å². The minimum Gasteiger partial charge on any atom is -0.440 e. The van der Waals surface area contributed by atoms with E-state index < -0.39 is 0 Å². The molecule has 0 aromatic carbocycles. The maximum Gasteiger partial charge on any atom is 0.236 e. The molecule has 0 bridgehead atoms. The number of aromatic nitrogens is 1. The number of rotatable bonds is 5. The van der Waals surface area contributed by atoms with Gasteiger partial charge >= 0.3 is 0 Å². The molecule has 1 saturated heterocycles. The van der Waals surface area contributed by atoms with Crippen molar-refractivity contribution < 1.29 is 4.42 Å². The maximum atomic E-state index is 5.84. The monoisotopic (exact) mass is 305 g/mol. The fourth-order valence-corrected chi connectivity index (χ4v) is 3.71. The van der Waals surface area contributed by atoms with Gasteiger partial charge in [-0.1, -0.05) is 12.5 Å². The third-order valence-electron chi connectivity index (χ3n) is 4.23. The molecule has 0 radical (unpaired) electrons. The van der Waals surface area contributed by atoms with Gasteiger partial charge in [0.2, 0.25) is 5.89 Å². The first-order valence-electron chi connectivity index (χ1n) is 7.72. The Morgan fingerprint density at radius 3 is 3.14 bits per heavy atom. The first-order valence-corrected chi connectivity index (χ1v) is 8.60. The van der Waals surface area contributed by atoms with E-state index in [1.807, 2.05) is 13.0 Å². The zero-order chi connectivity index (χ0) is 14.7. The van der Waals surface area contributed by atoms with Crippen LogP contribution in [0.1, 0.15) is 37.1 Å². The Hall–Kier alpha value is -1.17. The van der Waals surface area contributed by atoms with Crippen LogP contribution in [0.4, 0.5) is 0 Å². The highest BCUT2D eigenvalue weighted by atomic mass is 32.1. The summed E-state index contributed by atoms with van der Waals surface area (Å²) in [6.07, 6.45) is 4.93. The topological polar surface area (TPSA) is 55.3 Å². The minimum absolute atomic E-state index is 0.602. The predicted molar refractivity (Wildman–Crippen MR) is 86.3 cm³/mol. The third-order valence-corrected chi connectivity index (χ3v) is 5.08. The second-order valence-corrected chi connectivity index (χ2v) is 6.64. The van der Waals surface area contributed by atoms with Gasteiger partial charge in [-0.2, -0.15) is 0 Å². The molecule has 1 fully saturated rings. The molecule has 1 atom stereocenters. The van der Waals surface area contributed by atoms with E-state index in [1.165, 1.54) is 19.3 Å². The highest BCUT2D eigenvalue weighted by molar-refractivity contribution is 7.13. The second-order valence-electron chi connectivity index (χ2n) is 5.70. The lowest BCUT2D eigenvalue weighted by Gasteiger charge is -2.35. The number of aryl methyl sites for hydroxylation is 1. The molecule has 0 spiro atoms. The molecular formula is C16H23N3OS. The van der Waals surface area contributed by atoms with Crippen LogP contribution in [0.25, 0.3) is 10.8 Å². The summed E-state index contributed by atoms with van der Waals surface area (Å²) in [5.41, 5.74) is 6.83. The first-order chi connectivity index (χ1) is 10.3. The second kappa shape index (κ2) is 6.73. The quantitative estimate of drug-likeness (QED) is 0.919. The highest BCUT2D eigenvalue weighted by Crippen LogP contribution is 2.28. The number of thiophene rings is 1. The Labute approximate surface area is 130 Å². The van der Waals surface area contributed by atoms with E-state index in [4.69, 9.17) is 15.1 Å². The van der Waals surface area contributed by atoms with E-state index in [0.717, 1.165) is 48.3 Å². The smallest absolute Gasteiger partial charge is 0.236 e. The van der Waals surface area contributed by atoms with Crippen LogP contribution in [-0.4, -0.2) is 29.0 Å². The Morgan fingerprint density at radius 1 is 1.48 bits per heavy atom. The fourth-order valence-electron chi connectivity index (χ4n) is 3.06. The lowest BCUT2D eigenvalue weighted by atomic mass is 9.99. The fraction of sp³-hybridized carbons (Fsp3) is 0.562. The van der Waals surface area contributed by atoms with Crippen molar-refractivity contribution >= 4 is 11.3 Å². The maximum absolute atomic E-state index is 5.84. The summed E-state index contributed by atoms with van der Waals surface area (Å²) < 4.78 is 5.84.